The van der Waals surface area contributed by atoms with Crippen LogP contribution in [0.15, 0.2) is 42.5 Å². The van der Waals surface area contributed by atoms with Crippen LogP contribution in [0.2, 0.25) is 0 Å². The fourth-order valence-corrected chi connectivity index (χ4v) is 3.32. The summed E-state index contributed by atoms with van der Waals surface area (Å²) in [6, 6.07) is 11.9. The SMILES string of the molecule is COc1ccc(OC)c(N2C[C@@H](C(=O)Nc3ccc(C(=O)N(C)C)cc3)CC2=O)c1. The summed E-state index contributed by atoms with van der Waals surface area (Å²) in [6.45, 7) is 0.241. The van der Waals surface area contributed by atoms with Crippen molar-refractivity contribution in [3.63, 3.8) is 0 Å². The molecule has 2 aromatic rings. The topological polar surface area (TPSA) is 88.2 Å². The van der Waals surface area contributed by atoms with Crippen molar-refractivity contribution in [2.45, 2.75) is 6.42 Å². The maximum atomic E-state index is 12.7. The second kappa shape index (κ2) is 8.86. The summed E-state index contributed by atoms with van der Waals surface area (Å²) in [5.74, 6) is 0.104. The number of benzene rings is 2. The summed E-state index contributed by atoms with van der Waals surface area (Å²) < 4.78 is 10.6. The quantitative estimate of drug-likeness (QED) is 0.789. The molecule has 3 rings (SSSR count). The molecule has 8 nitrogen and oxygen atoms in total. The molecule has 0 aromatic heterocycles. The van der Waals surface area contributed by atoms with Gasteiger partial charge in [-0.25, -0.2) is 0 Å². The summed E-state index contributed by atoms with van der Waals surface area (Å²) in [6.07, 6.45) is 0.101. The maximum absolute atomic E-state index is 12.7. The number of hydrogen-bond donors (Lipinski definition) is 1. The highest BCUT2D eigenvalue weighted by Gasteiger charge is 2.36. The lowest BCUT2D eigenvalue weighted by Crippen LogP contribution is -2.28. The van der Waals surface area contributed by atoms with Crippen LogP contribution in [-0.4, -0.2) is 57.5 Å². The van der Waals surface area contributed by atoms with Gasteiger partial charge < -0.3 is 24.6 Å². The zero-order valence-electron chi connectivity index (χ0n) is 17.5. The molecular formula is C22H25N3O5. The van der Waals surface area contributed by atoms with Gasteiger partial charge in [0.2, 0.25) is 11.8 Å². The Balaban J connectivity index is 1.71. The summed E-state index contributed by atoms with van der Waals surface area (Å²) >= 11 is 0. The molecule has 0 saturated carbocycles. The number of nitrogens with one attached hydrogen (secondary N) is 1. The normalized spacial score (nSPS) is 15.7. The number of hydrogen-bond acceptors (Lipinski definition) is 5. The van der Waals surface area contributed by atoms with Crippen molar-refractivity contribution >= 4 is 29.1 Å². The smallest absolute Gasteiger partial charge is 0.253 e. The monoisotopic (exact) mass is 411 g/mol. The molecule has 1 aliphatic rings. The third-order valence-electron chi connectivity index (χ3n) is 4.98. The first kappa shape index (κ1) is 21.2. The molecule has 30 heavy (non-hydrogen) atoms. The van der Waals surface area contributed by atoms with E-state index in [1.807, 2.05) is 0 Å². The predicted molar refractivity (Wildman–Crippen MR) is 113 cm³/mol. The average Bonchev–Trinajstić information content (AvgIpc) is 3.14. The van der Waals surface area contributed by atoms with Crippen molar-refractivity contribution in [1.82, 2.24) is 4.90 Å². The van der Waals surface area contributed by atoms with Crippen LogP contribution in [0.3, 0.4) is 0 Å². The highest BCUT2D eigenvalue weighted by molar-refractivity contribution is 6.04. The molecule has 1 aliphatic heterocycles. The minimum atomic E-state index is -0.503. The van der Waals surface area contributed by atoms with Gasteiger partial charge in [0.1, 0.15) is 11.5 Å². The highest BCUT2D eigenvalue weighted by Crippen LogP contribution is 2.36. The molecule has 0 spiro atoms. The van der Waals surface area contributed by atoms with Crippen molar-refractivity contribution in [3.05, 3.63) is 48.0 Å². The zero-order chi connectivity index (χ0) is 21.8. The van der Waals surface area contributed by atoms with Crippen LogP contribution < -0.4 is 19.7 Å². The standard InChI is InChI=1S/C22H25N3O5/c1-24(2)22(28)14-5-7-16(8-6-14)23-21(27)15-11-20(26)25(13-15)18-12-17(29-3)9-10-19(18)30-4/h5-10,12,15H,11,13H2,1-4H3,(H,23,27)/t15-/m0/s1. The number of rotatable bonds is 6. The number of anilines is 2. The largest absolute Gasteiger partial charge is 0.497 e. The highest BCUT2D eigenvalue weighted by atomic mass is 16.5. The minimum absolute atomic E-state index is 0.101. The van der Waals surface area contributed by atoms with Gasteiger partial charge in [0, 0.05) is 44.4 Å². The third-order valence-corrected chi connectivity index (χ3v) is 4.98. The van der Waals surface area contributed by atoms with E-state index >= 15 is 0 Å². The summed E-state index contributed by atoms with van der Waals surface area (Å²) in [5.41, 5.74) is 1.68. The van der Waals surface area contributed by atoms with Crippen LogP contribution in [0.1, 0.15) is 16.8 Å². The van der Waals surface area contributed by atoms with E-state index in [4.69, 9.17) is 9.47 Å². The lowest BCUT2D eigenvalue weighted by molar-refractivity contribution is -0.122. The van der Waals surface area contributed by atoms with E-state index in [2.05, 4.69) is 5.32 Å². The Morgan fingerprint density at radius 1 is 1.07 bits per heavy atom. The van der Waals surface area contributed by atoms with Gasteiger partial charge in [-0.15, -0.1) is 0 Å². The number of carbonyl (C=O) groups is 3. The number of ether oxygens (including phenoxy) is 2. The van der Waals surface area contributed by atoms with Crippen molar-refractivity contribution in [3.8, 4) is 11.5 Å². The Hall–Kier alpha value is -3.55. The first-order chi connectivity index (χ1) is 14.3. The number of methoxy groups -OCH3 is 2. The van der Waals surface area contributed by atoms with Crippen molar-refractivity contribution in [2.75, 3.05) is 45.1 Å². The first-order valence-corrected chi connectivity index (χ1v) is 9.49. The molecule has 3 amide bonds. The van der Waals surface area contributed by atoms with Crippen LogP contribution in [0.25, 0.3) is 0 Å². The van der Waals surface area contributed by atoms with Crippen LogP contribution in [0.5, 0.6) is 11.5 Å². The van der Waals surface area contributed by atoms with E-state index in [1.54, 1.807) is 68.6 Å². The van der Waals surface area contributed by atoms with E-state index in [0.717, 1.165) is 0 Å². The molecule has 2 aromatic carbocycles. The van der Waals surface area contributed by atoms with Crippen LogP contribution in [-0.2, 0) is 9.59 Å². The van der Waals surface area contributed by atoms with Crippen LogP contribution in [0.4, 0.5) is 11.4 Å². The van der Waals surface area contributed by atoms with Gasteiger partial charge >= 0.3 is 0 Å². The molecule has 0 unspecified atom stereocenters. The second-order valence-electron chi connectivity index (χ2n) is 7.21. The number of nitrogens with zero attached hydrogens (tertiary/aromatic N) is 2. The molecule has 0 aliphatic carbocycles. The molecule has 0 radical (unpaired) electrons. The Morgan fingerprint density at radius 2 is 1.77 bits per heavy atom. The molecule has 158 valence electrons. The van der Waals surface area contributed by atoms with Gasteiger partial charge in [0.25, 0.3) is 5.91 Å². The Bertz CT molecular complexity index is 956. The fraction of sp³-hybridized carbons (Fsp3) is 0.318. The Morgan fingerprint density at radius 3 is 2.37 bits per heavy atom. The molecule has 1 saturated heterocycles. The summed E-state index contributed by atoms with van der Waals surface area (Å²) in [5, 5.41) is 2.82. The third kappa shape index (κ3) is 4.37. The lowest BCUT2D eigenvalue weighted by Gasteiger charge is -2.20. The lowest BCUT2D eigenvalue weighted by atomic mass is 10.1. The predicted octanol–water partition coefficient (Wildman–Crippen LogP) is 2.40. The fourth-order valence-electron chi connectivity index (χ4n) is 3.32. The Labute approximate surface area is 175 Å². The van der Waals surface area contributed by atoms with Gasteiger partial charge in [-0.05, 0) is 36.4 Å². The van der Waals surface area contributed by atoms with Crippen molar-refractivity contribution in [1.29, 1.82) is 0 Å². The average molecular weight is 411 g/mol. The van der Waals surface area contributed by atoms with E-state index in [9.17, 15) is 14.4 Å². The summed E-state index contributed by atoms with van der Waals surface area (Å²) in [7, 11) is 6.43. The van der Waals surface area contributed by atoms with Gasteiger partial charge in [-0.3, -0.25) is 14.4 Å². The molecule has 1 atom stereocenters. The minimum Gasteiger partial charge on any atom is -0.497 e. The van der Waals surface area contributed by atoms with E-state index < -0.39 is 5.92 Å². The number of amides is 3. The van der Waals surface area contributed by atoms with Gasteiger partial charge in [0.15, 0.2) is 0 Å². The van der Waals surface area contributed by atoms with Crippen molar-refractivity contribution in [2.24, 2.45) is 5.92 Å². The first-order valence-electron chi connectivity index (χ1n) is 9.49. The van der Waals surface area contributed by atoms with Crippen molar-refractivity contribution < 1.29 is 23.9 Å². The summed E-state index contributed by atoms with van der Waals surface area (Å²) in [4.78, 5) is 40.3. The van der Waals surface area contributed by atoms with E-state index in [-0.39, 0.29) is 30.7 Å². The Kier molecular flexibility index (Phi) is 6.25. The van der Waals surface area contributed by atoms with E-state index in [1.165, 1.54) is 12.0 Å². The van der Waals surface area contributed by atoms with Gasteiger partial charge in [-0.1, -0.05) is 0 Å². The van der Waals surface area contributed by atoms with Crippen LogP contribution in [0, 0.1) is 5.92 Å². The van der Waals surface area contributed by atoms with E-state index in [0.29, 0.717) is 28.4 Å². The molecule has 1 fully saturated rings. The van der Waals surface area contributed by atoms with Gasteiger partial charge in [-0.2, -0.15) is 0 Å². The molecule has 8 heteroatoms. The molecule has 0 bridgehead atoms. The zero-order valence-corrected chi connectivity index (χ0v) is 17.5. The second-order valence-corrected chi connectivity index (χ2v) is 7.21. The molecule has 1 N–H and O–H groups in total. The van der Waals surface area contributed by atoms with Gasteiger partial charge in [0.05, 0.1) is 25.8 Å². The van der Waals surface area contributed by atoms with Crippen LogP contribution >= 0.6 is 0 Å². The maximum Gasteiger partial charge on any atom is 0.253 e. The molecular weight excluding hydrogens is 386 g/mol. The molecule has 1 heterocycles. The number of carbonyl (C=O) groups excluding carboxylic acids is 3.